The van der Waals surface area contributed by atoms with E-state index in [4.69, 9.17) is 5.11 Å². The van der Waals surface area contributed by atoms with E-state index < -0.39 is 23.5 Å². The summed E-state index contributed by atoms with van der Waals surface area (Å²) in [6, 6.07) is -0.450. The topological polar surface area (TPSA) is 112 Å². The quantitative estimate of drug-likeness (QED) is 0.656. The van der Waals surface area contributed by atoms with Crippen molar-refractivity contribution < 1.29 is 14.7 Å². The van der Waals surface area contributed by atoms with Gasteiger partial charge in [-0.3, -0.25) is 14.4 Å². The summed E-state index contributed by atoms with van der Waals surface area (Å²) in [5.41, 5.74) is -0.354. The second-order valence-electron chi connectivity index (χ2n) is 3.47. The van der Waals surface area contributed by atoms with Crippen LogP contribution in [0.3, 0.4) is 0 Å². The van der Waals surface area contributed by atoms with Crippen molar-refractivity contribution in [2.75, 3.05) is 0 Å². The Morgan fingerprint density at radius 2 is 2.29 bits per heavy atom. The fourth-order valence-corrected chi connectivity index (χ4v) is 1.23. The van der Waals surface area contributed by atoms with Gasteiger partial charge < -0.3 is 15.4 Å². The van der Waals surface area contributed by atoms with Crippen LogP contribution < -0.4 is 10.9 Å². The predicted octanol–water partition coefficient (Wildman–Crippen LogP) is -0.247. The van der Waals surface area contributed by atoms with Gasteiger partial charge in [-0.25, -0.2) is 4.98 Å². The van der Waals surface area contributed by atoms with E-state index in [0.29, 0.717) is 6.42 Å². The lowest BCUT2D eigenvalue weighted by atomic mass is 10.1. The monoisotopic (exact) mass is 239 g/mol. The molecule has 0 radical (unpaired) electrons. The molecule has 1 heterocycles. The molecule has 0 bridgehead atoms. The number of hydrogen-bond donors (Lipinski definition) is 3. The highest BCUT2D eigenvalue weighted by Crippen LogP contribution is 1.99. The molecule has 0 aliphatic rings. The fourth-order valence-electron chi connectivity index (χ4n) is 1.23. The lowest BCUT2D eigenvalue weighted by Crippen LogP contribution is -2.36. The van der Waals surface area contributed by atoms with E-state index in [9.17, 15) is 14.4 Å². The van der Waals surface area contributed by atoms with Gasteiger partial charge in [-0.1, -0.05) is 6.92 Å². The summed E-state index contributed by atoms with van der Waals surface area (Å²) in [6.45, 7) is 1.77. The Labute approximate surface area is 96.9 Å². The molecule has 0 aliphatic carbocycles. The number of hydrogen-bond acceptors (Lipinski definition) is 4. The number of carboxylic acids is 1. The van der Waals surface area contributed by atoms with Crippen LogP contribution in [0.2, 0.25) is 0 Å². The second-order valence-corrected chi connectivity index (χ2v) is 3.47. The van der Waals surface area contributed by atoms with Crippen LogP contribution in [-0.4, -0.2) is 33.0 Å². The molecule has 17 heavy (non-hydrogen) atoms. The Hall–Kier alpha value is -2.18. The van der Waals surface area contributed by atoms with Crippen LogP contribution in [0.4, 0.5) is 0 Å². The predicted molar refractivity (Wildman–Crippen MR) is 58.7 cm³/mol. The molecule has 3 N–H and O–H groups in total. The molecule has 7 nitrogen and oxygen atoms in total. The molecule has 1 amide bonds. The number of H-pyrrole nitrogens is 1. The van der Waals surface area contributed by atoms with Crippen molar-refractivity contribution >= 4 is 11.9 Å². The zero-order valence-corrected chi connectivity index (χ0v) is 9.27. The van der Waals surface area contributed by atoms with E-state index in [1.54, 1.807) is 6.92 Å². The minimum atomic E-state index is -0.980. The number of aromatic amines is 1. The van der Waals surface area contributed by atoms with E-state index in [1.807, 2.05) is 0 Å². The standard InChI is InChI=1S/C10H13N3O4/c1-2-6(3-9(15)16)13-10(17)7-4-12-8(14)5-11-7/h4-6H,2-3H2,1H3,(H,12,14)(H,13,17)(H,15,16). The lowest BCUT2D eigenvalue weighted by molar-refractivity contribution is -0.137. The van der Waals surface area contributed by atoms with Crippen LogP contribution in [-0.2, 0) is 4.79 Å². The number of aliphatic carboxylic acids is 1. The highest BCUT2D eigenvalue weighted by atomic mass is 16.4. The summed E-state index contributed by atoms with van der Waals surface area (Å²) in [7, 11) is 0. The molecular formula is C10H13N3O4. The van der Waals surface area contributed by atoms with Crippen LogP contribution in [0.5, 0.6) is 0 Å². The Morgan fingerprint density at radius 1 is 1.59 bits per heavy atom. The summed E-state index contributed by atoms with van der Waals surface area (Å²) in [5, 5.41) is 11.1. The van der Waals surface area contributed by atoms with Crippen LogP contribution in [0.1, 0.15) is 30.3 Å². The minimum Gasteiger partial charge on any atom is -0.481 e. The summed E-state index contributed by atoms with van der Waals surface area (Å²) < 4.78 is 0. The molecule has 0 aliphatic heterocycles. The number of carboxylic acid groups (broad SMARTS) is 1. The molecule has 1 aromatic rings. The maximum absolute atomic E-state index is 11.6. The van der Waals surface area contributed by atoms with Crippen LogP contribution in [0, 0.1) is 0 Å². The summed E-state index contributed by atoms with van der Waals surface area (Å²) in [5.74, 6) is -1.49. The molecule has 0 saturated carbocycles. The van der Waals surface area contributed by atoms with Crippen molar-refractivity contribution in [1.29, 1.82) is 0 Å². The van der Waals surface area contributed by atoms with E-state index in [-0.39, 0.29) is 12.1 Å². The number of nitrogens with zero attached hydrogens (tertiary/aromatic N) is 1. The summed E-state index contributed by atoms with van der Waals surface area (Å²) >= 11 is 0. The highest BCUT2D eigenvalue weighted by Gasteiger charge is 2.15. The van der Waals surface area contributed by atoms with Gasteiger partial charge in [-0.2, -0.15) is 0 Å². The molecule has 7 heteroatoms. The van der Waals surface area contributed by atoms with Crippen molar-refractivity contribution in [2.24, 2.45) is 0 Å². The highest BCUT2D eigenvalue weighted by molar-refractivity contribution is 5.92. The molecule has 0 spiro atoms. The Bertz CT molecular complexity index is 448. The van der Waals surface area contributed by atoms with Gasteiger partial charge in [0.2, 0.25) is 0 Å². The third kappa shape index (κ3) is 4.06. The maximum atomic E-state index is 11.6. The third-order valence-electron chi connectivity index (χ3n) is 2.15. The number of amides is 1. The zero-order valence-electron chi connectivity index (χ0n) is 9.27. The normalized spacial score (nSPS) is 11.8. The van der Waals surface area contributed by atoms with Gasteiger partial charge in [0.1, 0.15) is 5.69 Å². The van der Waals surface area contributed by atoms with Gasteiger partial charge in [-0.15, -0.1) is 0 Å². The Morgan fingerprint density at radius 3 is 2.76 bits per heavy atom. The molecule has 1 aromatic heterocycles. The molecule has 0 fully saturated rings. The first kappa shape index (κ1) is 12.9. The zero-order chi connectivity index (χ0) is 12.8. The fraction of sp³-hybridized carbons (Fsp3) is 0.400. The van der Waals surface area contributed by atoms with E-state index in [1.165, 1.54) is 6.20 Å². The second kappa shape index (κ2) is 5.78. The van der Waals surface area contributed by atoms with Crippen molar-refractivity contribution in [1.82, 2.24) is 15.3 Å². The molecular weight excluding hydrogens is 226 g/mol. The molecule has 1 atom stereocenters. The van der Waals surface area contributed by atoms with E-state index in [0.717, 1.165) is 6.20 Å². The van der Waals surface area contributed by atoms with Crippen LogP contribution in [0.15, 0.2) is 17.2 Å². The van der Waals surface area contributed by atoms with Crippen molar-refractivity contribution in [3.05, 3.63) is 28.4 Å². The number of carbonyl (C=O) groups excluding carboxylic acids is 1. The number of carbonyl (C=O) groups is 2. The van der Waals surface area contributed by atoms with Gasteiger partial charge in [0.05, 0.1) is 12.6 Å². The lowest BCUT2D eigenvalue weighted by Gasteiger charge is -2.13. The molecule has 0 aromatic carbocycles. The Balaban J connectivity index is 2.67. The first-order chi connectivity index (χ1) is 8.02. The third-order valence-corrected chi connectivity index (χ3v) is 2.15. The summed E-state index contributed by atoms with van der Waals surface area (Å²) in [6.07, 6.45) is 2.53. The minimum absolute atomic E-state index is 0.0495. The molecule has 92 valence electrons. The van der Waals surface area contributed by atoms with Crippen molar-refractivity contribution in [3.63, 3.8) is 0 Å². The van der Waals surface area contributed by atoms with Crippen molar-refractivity contribution in [3.8, 4) is 0 Å². The molecule has 1 rings (SSSR count). The number of aromatic nitrogens is 2. The average Bonchev–Trinajstić information content (AvgIpc) is 2.28. The van der Waals surface area contributed by atoms with E-state index >= 15 is 0 Å². The van der Waals surface area contributed by atoms with E-state index in [2.05, 4.69) is 15.3 Å². The van der Waals surface area contributed by atoms with Gasteiger partial charge in [0.15, 0.2) is 0 Å². The van der Waals surface area contributed by atoms with Gasteiger partial charge in [-0.05, 0) is 6.42 Å². The maximum Gasteiger partial charge on any atom is 0.305 e. The number of rotatable bonds is 5. The first-order valence-corrected chi connectivity index (χ1v) is 5.10. The molecule has 0 saturated heterocycles. The number of nitrogens with one attached hydrogen (secondary N) is 2. The first-order valence-electron chi connectivity index (χ1n) is 5.10. The van der Waals surface area contributed by atoms with Crippen LogP contribution >= 0.6 is 0 Å². The van der Waals surface area contributed by atoms with Gasteiger partial charge in [0.25, 0.3) is 11.5 Å². The van der Waals surface area contributed by atoms with Crippen molar-refractivity contribution in [2.45, 2.75) is 25.8 Å². The largest absolute Gasteiger partial charge is 0.481 e. The average molecular weight is 239 g/mol. The van der Waals surface area contributed by atoms with Crippen LogP contribution in [0.25, 0.3) is 0 Å². The smallest absolute Gasteiger partial charge is 0.305 e. The summed E-state index contributed by atoms with van der Waals surface area (Å²) in [4.78, 5) is 38.8. The molecule has 1 unspecified atom stereocenters. The van der Waals surface area contributed by atoms with Gasteiger partial charge in [0, 0.05) is 12.2 Å². The Kier molecular flexibility index (Phi) is 4.38. The SMILES string of the molecule is CCC(CC(=O)O)NC(=O)c1c[nH]c(=O)cn1. The van der Waals surface area contributed by atoms with Gasteiger partial charge >= 0.3 is 5.97 Å².